The summed E-state index contributed by atoms with van der Waals surface area (Å²) >= 11 is 0. The number of aliphatic hydroxyl groups excluding tert-OH is 2. The van der Waals surface area contributed by atoms with E-state index < -0.39 is 10.0 Å². The van der Waals surface area contributed by atoms with Crippen LogP contribution >= 0.6 is 0 Å². The highest BCUT2D eigenvalue weighted by molar-refractivity contribution is 7.89. The van der Waals surface area contributed by atoms with Crippen molar-refractivity contribution in [3.63, 3.8) is 0 Å². The van der Waals surface area contributed by atoms with Gasteiger partial charge in [0.2, 0.25) is 10.0 Å². The summed E-state index contributed by atoms with van der Waals surface area (Å²) in [6.07, 6.45) is 2.15. The van der Waals surface area contributed by atoms with Crippen molar-refractivity contribution in [2.45, 2.75) is 42.7 Å². The SMILES string of the molecule is O=S(=O)(NC1CCC(O)CC1)c1ccccc1C#CCO. The van der Waals surface area contributed by atoms with Crippen LogP contribution in [0.3, 0.4) is 0 Å². The van der Waals surface area contributed by atoms with Gasteiger partial charge < -0.3 is 10.2 Å². The van der Waals surface area contributed by atoms with Crippen LogP contribution in [0.5, 0.6) is 0 Å². The van der Waals surface area contributed by atoms with Gasteiger partial charge in [0.25, 0.3) is 0 Å². The van der Waals surface area contributed by atoms with E-state index in [9.17, 15) is 13.5 Å². The largest absolute Gasteiger partial charge is 0.393 e. The first-order valence-electron chi connectivity index (χ1n) is 6.92. The highest BCUT2D eigenvalue weighted by Crippen LogP contribution is 2.21. The first-order valence-corrected chi connectivity index (χ1v) is 8.40. The molecule has 1 aromatic rings. The topological polar surface area (TPSA) is 86.6 Å². The molecule has 0 heterocycles. The molecule has 3 N–H and O–H groups in total. The monoisotopic (exact) mass is 309 g/mol. The van der Waals surface area contributed by atoms with E-state index in [0.29, 0.717) is 31.2 Å². The average Bonchev–Trinajstić information content (AvgIpc) is 2.47. The molecule has 5 nitrogen and oxygen atoms in total. The van der Waals surface area contributed by atoms with Crippen LogP contribution in [0.2, 0.25) is 0 Å². The normalized spacial score (nSPS) is 22.4. The van der Waals surface area contributed by atoms with E-state index in [1.54, 1.807) is 18.2 Å². The molecular formula is C15H19NO4S. The molecule has 0 radical (unpaired) electrons. The Bertz CT molecular complexity index is 637. The van der Waals surface area contributed by atoms with Gasteiger partial charge in [0.05, 0.1) is 11.0 Å². The first-order chi connectivity index (χ1) is 10.0. The van der Waals surface area contributed by atoms with Crippen LogP contribution in [0, 0.1) is 11.8 Å². The Morgan fingerprint density at radius 1 is 1.19 bits per heavy atom. The lowest BCUT2D eigenvalue weighted by atomic mass is 9.94. The lowest BCUT2D eigenvalue weighted by Crippen LogP contribution is -2.38. The van der Waals surface area contributed by atoms with E-state index in [0.717, 1.165) is 0 Å². The van der Waals surface area contributed by atoms with Crippen molar-refractivity contribution in [1.29, 1.82) is 0 Å². The number of nitrogens with one attached hydrogen (secondary N) is 1. The zero-order chi connectivity index (χ0) is 15.3. The summed E-state index contributed by atoms with van der Waals surface area (Å²) < 4.78 is 27.6. The van der Waals surface area contributed by atoms with Gasteiger partial charge in [0.1, 0.15) is 6.61 Å². The Labute approximate surface area is 125 Å². The zero-order valence-corrected chi connectivity index (χ0v) is 12.4. The van der Waals surface area contributed by atoms with Crippen LogP contribution < -0.4 is 4.72 Å². The number of hydrogen-bond acceptors (Lipinski definition) is 4. The molecule has 0 atom stereocenters. The van der Waals surface area contributed by atoms with Crippen molar-refractivity contribution >= 4 is 10.0 Å². The maximum Gasteiger partial charge on any atom is 0.242 e. The Morgan fingerprint density at radius 2 is 1.86 bits per heavy atom. The van der Waals surface area contributed by atoms with E-state index in [1.807, 2.05) is 0 Å². The summed E-state index contributed by atoms with van der Waals surface area (Å²) in [6.45, 7) is -0.317. The van der Waals surface area contributed by atoms with Crippen LogP contribution in [0.15, 0.2) is 29.2 Å². The van der Waals surface area contributed by atoms with Gasteiger partial charge in [-0.25, -0.2) is 13.1 Å². The van der Waals surface area contributed by atoms with Crippen molar-refractivity contribution in [2.75, 3.05) is 6.61 Å². The lowest BCUT2D eigenvalue weighted by Gasteiger charge is -2.26. The summed E-state index contributed by atoms with van der Waals surface area (Å²) in [6, 6.07) is 6.31. The second-order valence-corrected chi connectivity index (χ2v) is 6.77. The quantitative estimate of drug-likeness (QED) is 0.714. The van der Waals surface area contributed by atoms with Gasteiger partial charge >= 0.3 is 0 Å². The summed E-state index contributed by atoms with van der Waals surface area (Å²) in [5, 5.41) is 18.2. The molecule has 0 aliphatic heterocycles. The molecule has 0 aromatic heterocycles. The number of benzene rings is 1. The Kier molecular flexibility index (Phi) is 5.37. The van der Waals surface area contributed by atoms with Crippen molar-refractivity contribution in [3.05, 3.63) is 29.8 Å². The highest BCUT2D eigenvalue weighted by atomic mass is 32.2. The number of hydrogen-bond donors (Lipinski definition) is 3. The molecular weight excluding hydrogens is 290 g/mol. The Balaban J connectivity index is 2.20. The third-order valence-electron chi connectivity index (χ3n) is 3.50. The van der Waals surface area contributed by atoms with Crippen LogP contribution in [0.4, 0.5) is 0 Å². The van der Waals surface area contributed by atoms with Gasteiger partial charge in [-0.1, -0.05) is 24.0 Å². The fourth-order valence-electron chi connectivity index (χ4n) is 2.42. The Morgan fingerprint density at radius 3 is 2.52 bits per heavy atom. The molecule has 6 heteroatoms. The van der Waals surface area contributed by atoms with Crippen LogP contribution in [0.1, 0.15) is 31.2 Å². The molecule has 0 saturated heterocycles. The minimum Gasteiger partial charge on any atom is -0.393 e. The fraction of sp³-hybridized carbons (Fsp3) is 0.467. The molecule has 1 aliphatic rings. The maximum absolute atomic E-state index is 12.5. The average molecular weight is 309 g/mol. The molecule has 1 aliphatic carbocycles. The number of rotatable bonds is 3. The van der Waals surface area contributed by atoms with E-state index in [1.165, 1.54) is 6.07 Å². The van der Waals surface area contributed by atoms with Crippen molar-refractivity contribution < 1.29 is 18.6 Å². The van der Waals surface area contributed by atoms with Crippen molar-refractivity contribution in [3.8, 4) is 11.8 Å². The van der Waals surface area contributed by atoms with Gasteiger partial charge in [-0.05, 0) is 37.8 Å². The van der Waals surface area contributed by atoms with Gasteiger partial charge in [-0.15, -0.1) is 0 Å². The third kappa shape index (κ3) is 4.29. The standard InChI is InChI=1S/C15H19NO4S/c17-11-3-5-12-4-1-2-6-15(12)21(19,20)16-13-7-9-14(18)10-8-13/h1-2,4,6,13-14,16-18H,7-11H2. The fourth-order valence-corrected chi connectivity index (χ4v) is 3.88. The molecule has 0 spiro atoms. The summed E-state index contributed by atoms with van der Waals surface area (Å²) in [4.78, 5) is 0.122. The molecule has 1 saturated carbocycles. The molecule has 1 aromatic carbocycles. The molecule has 114 valence electrons. The molecule has 0 bridgehead atoms. The minimum atomic E-state index is -3.65. The Hall–Kier alpha value is -1.39. The number of aliphatic hydroxyl groups is 2. The number of sulfonamides is 1. The van der Waals surface area contributed by atoms with Gasteiger partial charge in [0, 0.05) is 11.6 Å². The predicted molar refractivity (Wildman–Crippen MR) is 79.0 cm³/mol. The van der Waals surface area contributed by atoms with E-state index in [4.69, 9.17) is 5.11 Å². The van der Waals surface area contributed by atoms with Crippen LogP contribution in [0.25, 0.3) is 0 Å². The van der Waals surface area contributed by atoms with Crippen molar-refractivity contribution in [2.24, 2.45) is 0 Å². The van der Waals surface area contributed by atoms with Crippen molar-refractivity contribution in [1.82, 2.24) is 4.72 Å². The molecule has 0 amide bonds. The summed E-state index contributed by atoms with van der Waals surface area (Å²) in [5.74, 6) is 5.12. The van der Waals surface area contributed by atoms with Gasteiger partial charge in [0.15, 0.2) is 0 Å². The smallest absolute Gasteiger partial charge is 0.242 e. The summed E-state index contributed by atoms with van der Waals surface area (Å²) in [5.41, 5.74) is 0.370. The third-order valence-corrected chi connectivity index (χ3v) is 5.08. The molecule has 2 rings (SSSR count). The van der Waals surface area contributed by atoms with E-state index in [-0.39, 0.29) is 23.6 Å². The highest BCUT2D eigenvalue weighted by Gasteiger charge is 2.25. The maximum atomic E-state index is 12.5. The minimum absolute atomic E-state index is 0.122. The second kappa shape index (κ2) is 7.05. The first kappa shape index (κ1) is 16.0. The van der Waals surface area contributed by atoms with E-state index >= 15 is 0 Å². The lowest BCUT2D eigenvalue weighted by molar-refractivity contribution is 0.120. The van der Waals surface area contributed by atoms with Gasteiger partial charge in [-0.3, -0.25) is 0 Å². The van der Waals surface area contributed by atoms with E-state index in [2.05, 4.69) is 16.6 Å². The second-order valence-electron chi connectivity index (χ2n) is 5.08. The van der Waals surface area contributed by atoms with Gasteiger partial charge in [-0.2, -0.15) is 0 Å². The van der Waals surface area contributed by atoms with Crippen LogP contribution in [-0.2, 0) is 10.0 Å². The summed E-state index contributed by atoms with van der Waals surface area (Å²) in [7, 11) is -3.65. The van der Waals surface area contributed by atoms with Crippen LogP contribution in [-0.4, -0.2) is 37.4 Å². The molecule has 0 unspecified atom stereocenters. The predicted octanol–water partition coefficient (Wildman–Crippen LogP) is 0.612. The molecule has 21 heavy (non-hydrogen) atoms. The zero-order valence-electron chi connectivity index (χ0n) is 11.6. The molecule has 1 fully saturated rings.